The van der Waals surface area contributed by atoms with Gasteiger partial charge in [-0.25, -0.2) is 13.1 Å². The van der Waals surface area contributed by atoms with Crippen molar-refractivity contribution in [3.63, 3.8) is 0 Å². The van der Waals surface area contributed by atoms with E-state index >= 15 is 0 Å². The number of para-hydroxylation sites is 1. The molecular weight excluding hydrogens is 500 g/mol. The number of hydrogen-bond acceptors (Lipinski definition) is 6. The summed E-state index contributed by atoms with van der Waals surface area (Å²) < 4.78 is 28.1. The quantitative estimate of drug-likeness (QED) is 0.479. The summed E-state index contributed by atoms with van der Waals surface area (Å²) >= 11 is 10.3. The Labute approximate surface area is 185 Å². The molecule has 0 saturated carbocycles. The number of nitrogens with two attached hydrogens (primary N) is 1. The van der Waals surface area contributed by atoms with E-state index in [2.05, 4.69) is 26.3 Å². The van der Waals surface area contributed by atoms with E-state index in [4.69, 9.17) is 17.3 Å². The maximum Gasteiger partial charge on any atom is 0.246 e. The summed E-state index contributed by atoms with van der Waals surface area (Å²) in [6, 6.07) is 12.9. The van der Waals surface area contributed by atoms with Crippen LogP contribution in [0.15, 0.2) is 67.8 Å². The molecule has 3 N–H and O–H groups in total. The van der Waals surface area contributed by atoms with Gasteiger partial charge in [-0.15, -0.1) is 11.8 Å². The monoisotopic (exact) mass is 514 g/mol. The predicted octanol–water partition coefficient (Wildman–Crippen LogP) is 4.07. The maximum absolute atomic E-state index is 13.1. The fraction of sp³-hybridized carbons (Fsp3) is 0.111. The standard InChI is InChI=1S/C18H16BrClN4O3S2/c1-28-18-16(29(26,27)12-8-6-11(20)7-9-12)17(21)24(23-18)10-15(25)22-14-5-3-2-4-13(14)19/h2-9H,10,21H2,1H3,(H,22,25). The van der Waals surface area contributed by atoms with Crippen molar-refractivity contribution < 1.29 is 13.2 Å². The Morgan fingerprint density at radius 3 is 2.52 bits per heavy atom. The topological polar surface area (TPSA) is 107 Å². The summed E-state index contributed by atoms with van der Waals surface area (Å²) in [7, 11) is -3.94. The Kier molecular flexibility index (Phi) is 6.57. The summed E-state index contributed by atoms with van der Waals surface area (Å²) in [6.45, 7) is -0.239. The third-order valence-corrected chi connectivity index (χ3v) is 7.52. The van der Waals surface area contributed by atoms with E-state index in [1.807, 2.05) is 6.07 Å². The summed E-state index contributed by atoms with van der Waals surface area (Å²) in [5.41, 5.74) is 6.68. The van der Waals surface area contributed by atoms with Crippen molar-refractivity contribution >= 4 is 66.5 Å². The number of benzene rings is 2. The van der Waals surface area contributed by atoms with Crippen molar-refractivity contribution in [2.45, 2.75) is 21.4 Å². The van der Waals surface area contributed by atoms with Crippen molar-refractivity contribution in [3.8, 4) is 0 Å². The van der Waals surface area contributed by atoms with E-state index in [-0.39, 0.29) is 27.2 Å². The molecule has 29 heavy (non-hydrogen) atoms. The Morgan fingerprint density at radius 2 is 1.90 bits per heavy atom. The van der Waals surface area contributed by atoms with Gasteiger partial charge in [0, 0.05) is 9.50 Å². The molecule has 0 spiro atoms. The fourth-order valence-corrected chi connectivity index (χ4v) is 5.50. The molecule has 3 rings (SSSR count). The van der Waals surface area contributed by atoms with Gasteiger partial charge in [0.15, 0.2) is 0 Å². The van der Waals surface area contributed by atoms with E-state index in [1.54, 1.807) is 24.5 Å². The molecule has 0 bridgehead atoms. The lowest BCUT2D eigenvalue weighted by Gasteiger charge is -2.09. The predicted molar refractivity (Wildman–Crippen MR) is 118 cm³/mol. The molecule has 0 aliphatic rings. The SMILES string of the molecule is CSc1nn(CC(=O)Nc2ccccc2Br)c(N)c1S(=O)(=O)c1ccc(Cl)cc1. The number of amides is 1. The van der Waals surface area contributed by atoms with Crippen LogP contribution in [0.5, 0.6) is 0 Å². The number of nitrogens with zero attached hydrogens (tertiary/aromatic N) is 2. The molecule has 0 saturated heterocycles. The number of carbonyl (C=O) groups excluding carboxylic acids is 1. The maximum atomic E-state index is 13.1. The van der Waals surface area contributed by atoms with Gasteiger partial charge in [0.05, 0.1) is 10.6 Å². The lowest BCUT2D eigenvalue weighted by molar-refractivity contribution is -0.116. The molecule has 0 aliphatic heterocycles. The molecule has 0 aliphatic carbocycles. The molecule has 1 heterocycles. The van der Waals surface area contributed by atoms with Gasteiger partial charge < -0.3 is 11.1 Å². The number of nitrogen functional groups attached to an aromatic ring is 1. The van der Waals surface area contributed by atoms with Crippen molar-refractivity contribution in [1.82, 2.24) is 9.78 Å². The number of rotatable bonds is 6. The van der Waals surface area contributed by atoms with Crippen molar-refractivity contribution in [2.75, 3.05) is 17.3 Å². The molecule has 0 atom stereocenters. The van der Waals surface area contributed by atoms with Gasteiger partial charge in [0.1, 0.15) is 22.3 Å². The molecule has 0 radical (unpaired) electrons. The van der Waals surface area contributed by atoms with Gasteiger partial charge >= 0.3 is 0 Å². The number of aromatic nitrogens is 2. The van der Waals surface area contributed by atoms with E-state index < -0.39 is 15.7 Å². The number of halogens is 2. The first-order valence-electron chi connectivity index (χ1n) is 8.19. The third kappa shape index (κ3) is 4.61. The van der Waals surface area contributed by atoms with Crippen LogP contribution in [-0.4, -0.2) is 30.4 Å². The van der Waals surface area contributed by atoms with Crippen LogP contribution in [0.3, 0.4) is 0 Å². The van der Waals surface area contributed by atoms with Crippen molar-refractivity contribution in [3.05, 3.63) is 58.0 Å². The Morgan fingerprint density at radius 1 is 1.24 bits per heavy atom. The van der Waals surface area contributed by atoms with Crippen LogP contribution in [0.2, 0.25) is 5.02 Å². The minimum absolute atomic E-state index is 0.0427. The minimum atomic E-state index is -3.94. The molecule has 0 fully saturated rings. The van der Waals surface area contributed by atoms with Crippen molar-refractivity contribution in [2.24, 2.45) is 0 Å². The highest BCUT2D eigenvalue weighted by atomic mass is 79.9. The number of anilines is 2. The molecule has 2 aromatic carbocycles. The summed E-state index contributed by atoms with van der Waals surface area (Å²) in [6.07, 6.45) is 1.69. The summed E-state index contributed by atoms with van der Waals surface area (Å²) in [5.74, 6) is -0.499. The highest BCUT2D eigenvalue weighted by Crippen LogP contribution is 2.34. The minimum Gasteiger partial charge on any atom is -0.383 e. The molecule has 11 heteroatoms. The Bertz CT molecular complexity index is 1160. The molecular formula is C18H16BrClN4O3S2. The van der Waals surface area contributed by atoms with Gasteiger partial charge in [-0.05, 0) is 58.6 Å². The van der Waals surface area contributed by atoms with Crippen molar-refractivity contribution in [1.29, 1.82) is 0 Å². The first-order chi connectivity index (χ1) is 13.7. The number of carbonyl (C=O) groups is 1. The van der Waals surface area contributed by atoms with Gasteiger partial charge in [0.25, 0.3) is 0 Å². The third-order valence-electron chi connectivity index (χ3n) is 3.94. The Balaban J connectivity index is 1.93. The van der Waals surface area contributed by atoms with Crippen LogP contribution in [0.25, 0.3) is 0 Å². The van der Waals surface area contributed by atoms with Gasteiger partial charge in [-0.2, -0.15) is 5.10 Å². The smallest absolute Gasteiger partial charge is 0.246 e. The number of nitrogens with one attached hydrogen (secondary N) is 1. The van der Waals surface area contributed by atoms with Crippen LogP contribution >= 0.6 is 39.3 Å². The largest absolute Gasteiger partial charge is 0.383 e. The van der Waals surface area contributed by atoms with E-state index in [0.717, 1.165) is 16.2 Å². The van der Waals surface area contributed by atoms with Crippen LogP contribution in [0.4, 0.5) is 11.5 Å². The number of hydrogen-bond donors (Lipinski definition) is 2. The lowest BCUT2D eigenvalue weighted by atomic mass is 10.3. The first-order valence-corrected chi connectivity index (χ1v) is 12.1. The van der Waals surface area contributed by atoms with Crippen LogP contribution in [0.1, 0.15) is 0 Å². The zero-order valence-corrected chi connectivity index (χ0v) is 19.1. The average Bonchev–Trinajstić information content (AvgIpc) is 3.00. The van der Waals surface area contributed by atoms with Gasteiger partial charge in [0.2, 0.25) is 15.7 Å². The van der Waals surface area contributed by atoms with E-state index in [0.29, 0.717) is 10.7 Å². The van der Waals surface area contributed by atoms with Crippen LogP contribution in [-0.2, 0) is 21.2 Å². The molecule has 0 unspecified atom stereocenters. The molecule has 152 valence electrons. The highest BCUT2D eigenvalue weighted by Gasteiger charge is 2.29. The normalized spacial score (nSPS) is 11.4. The molecule has 7 nitrogen and oxygen atoms in total. The van der Waals surface area contributed by atoms with Gasteiger partial charge in [-0.1, -0.05) is 23.7 Å². The van der Waals surface area contributed by atoms with E-state index in [1.165, 1.54) is 28.9 Å². The second-order valence-corrected chi connectivity index (χ2v) is 9.84. The lowest BCUT2D eigenvalue weighted by Crippen LogP contribution is -2.21. The highest BCUT2D eigenvalue weighted by molar-refractivity contribution is 9.10. The Hall–Kier alpha value is -2.01. The van der Waals surface area contributed by atoms with Crippen LogP contribution in [0, 0.1) is 0 Å². The average molecular weight is 516 g/mol. The number of thioether (sulfide) groups is 1. The zero-order valence-electron chi connectivity index (χ0n) is 15.1. The van der Waals surface area contributed by atoms with Crippen LogP contribution < -0.4 is 11.1 Å². The zero-order chi connectivity index (χ0) is 21.2. The second-order valence-electron chi connectivity index (χ2n) is 5.87. The van der Waals surface area contributed by atoms with E-state index in [9.17, 15) is 13.2 Å². The molecule has 1 amide bonds. The number of sulfone groups is 1. The van der Waals surface area contributed by atoms with Gasteiger partial charge in [-0.3, -0.25) is 4.79 Å². The second kappa shape index (κ2) is 8.78. The molecule has 3 aromatic rings. The molecule has 1 aromatic heterocycles. The first kappa shape index (κ1) is 21.7. The summed E-state index contributed by atoms with van der Waals surface area (Å²) in [5, 5.41) is 7.59. The summed E-state index contributed by atoms with van der Waals surface area (Å²) in [4.78, 5) is 12.4. The fourth-order valence-electron chi connectivity index (χ4n) is 2.56.